The Kier molecular flexibility index (Phi) is 2.55. The molecule has 0 aliphatic carbocycles. The third-order valence-corrected chi connectivity index (χ3v) is 1.71. The molecule has 0 spiro atoms. The molecule has 0 unspecified atom stereocenters. The highest BCUT2D eigenvalue weighted by Crippen LogP contribution is 2.21. The standard InChI is InChI=1S/C8H10ClN3/c1-5-2-3-7(6(9)4-5)12-8(10)11/h2-4H,1H3,(H4,10,11,12). The summed E-state index contributed by atoms with van der Waals surface area (Å²) in [6, 6.07) is 5.50. The van der Waals surface area contributed by atoms with E-state index in [2.05, 4.69) is 5.32 Å². The molecule has 1 aromatic rings. The van der Waals surface area contributed by atoms with Crippen molar-refractivity contribution in [3.63, 3.8) is 0 Å². The van der Waals surface area contributed by atoms with Crippen molar-refractivity contribution in [2.75, 3.05) is 5.32 Å². The molecule has 12 heavy (non-hydrogen) atoms. The van der Waals surface area contributed by atoms with E-state index in [1.165, 1.54) is 0 Å². The Morgan fingerprint density at radius 1 is 1.58 bits per heavy atom. The second kappa shape index (κ2) is 3.45. The fourth-order valence-electron chi connectivity index (χ4n) is 0.867. The van der Waals surface area contributed by atoms with Gasteiger partial charge in [-0.3, -0.25) is 5.41 Å². The molecule has 0 saturated carbocycles. The van der Waals surface area contributed by atoms with Crippen LogP contribution in [0, 0.1) is 12.3 Å². The van der Waals surface area contributed by atoms with Gasteiger partial charge < -0.3 is 11.1 Å². The number of nitrogens with one attached hydrogen (secondary N) is 2. The van der Waals surface area contributed by atoms with Gasteiger partial charge in [-0.05, 0) is 24.6 Å². The molecule has 0 aliphatic heterocycles. The summed E-state index contributed by atoms with van der Waals surface area (Å²) in [7, 11) is 0. The van der Waals surface area contributed by atoms with Gasteiger partial charge in [0.2, 0.25) is 0 Å². The molecule has 0 aromatic heterocycles. The van der Waals surface area contributed by atoms with Gasteiger partial charge in [-0.1, -0.05) is 17.7 Å². The van der Waals surface area contributed by atoms with Crippen LogP contribution >= 0.6 is 11.6 Å². The number of halogens is 1. The number of benzene rings is 1. The van der Waals surface area contributed by atoms with E-state index in [1.54, 1.807) is 6.07 Å². The number of hydrogen-bond donors (Lipinski definition) is 3. The molecule has 0 heterocycles. The van der Waals surface area contributed by atoms with Gasteiger partial charge in [0.1, 0.15) is 0 Å². The first-order chi connectivity index (χ1) is 5.59. The molecule has 3 nitrogen and oxygen atoms in total. The molecule has 0 bridgehead atoms. The van der Waals surface area contributed by atoms with Gasteiger partial charge in [0.15, 0.2) is 5.96 Å². The molecule has 4 N–H and O–H groups in total. The fourth-order valence-corrected chi connectivity index (χ4v) is 1.15. The van der Waals surface area contributed by atoms with Crippen molar-refractivity contribution < 1.29 is 0 Å². The Morgan fingerprint density at radius 3 is 2.75 bits per heavy atom. The largest absolute Gasteiger partial charge is 0.370 e. The molecule has 0 amide bonds. The second-order valence-electron chi connectivity index (χ2n) is 2.52. The Balaban J connectivity index is 2.93. The summed E-state index contributed by atoms with van der Waals surface area (Å²) in [5.74, 6) is -0.110. The summed E-state index contributed by atoms with van der Waals surface area (Å²) in [4.78, 5) is 0. The number of hydrogen-bond acceptors (Lipinski definition) is 1. The predicted molar refractivity (Wildman–Crippen MR) is 51.7 cm³/mol. The van der Waals surface area contributed by atoms with Crippen molar-refractivity contribution in [3.8, 4) is 0 Å². The van der Waals surface area contributed by atoms with E-state index in [-0.39, 0.29) is 5.96 Å². The molecular weight excluding hydrogens is 174 g/mol. The number of anilines is 1. The van der Waals surface area contributed by atoms with Gasteiger partial charge in [-0.25, -0.2) is 0 Å². The first kappa shape index (κ1) is 8.87. The smallest absolute Gasteiger partial charge is 0.190 e. The van der Waals surface area contributed by atoms with E-state index in [4.69, 9.17) is 22.7 Å². The summed E-state index contributed by atoms with van der Waals surface area (Å²) in [5, 5.41) is 10.2. The molecule has 1 rings (SSSR count). The Bertz CT molecular complexity index is 309. The van der Waals surface area contributed by atoms with Gasteiger partial charge in [0.25, 0.3) is 0 Å². The molecule has 1 aromatic carbocycles. The van der Waals surface area contributed by atoms with Crippen LogP contribution in [0.1, 0.15) is 5.56 Å². The monoisotopic (exact) mass is 183 g/mol. The SMILES string of the molecule is Cc1ccc(NC(=N)N)c(Cl)c1. The lowest BCUT2D eigenvalue weighted by Crippen LogP contribution is -2.20. The minimum absolute atomic E-state index is 0.110. The van der Waals surface area contributed by atoms with Crippen LogP contribution in [0.2, 0.25) is 5.02 Å². The van der Waals surface area contributed by atoms with E-state index in [9.17, 15) is 0 Å². The Morgan fingerprint density at radius 2 is 2.25 bits per heavy atom. The van der Waals surface area contributed by atoms with Gasteiger partial charge in [-0.15, -0.1) is 0 Å². The molecule has 64 valence electrons. The number of guanidine groups is 1. The van der Waals surface area contributed by atoms with E-state index < -0.39 is 0 Å². The van der Waals surface area contributed by atoms with Crippen molar-refractivity contribution in [1.82, 2.24) is 0 Å². The molecule has 0 fully saturated rings. The molecule has 0 aliphatic rings. The first-order valence-electron chi connectivity index (χ1n) is 3.47. The van der Waals surface area contributed by atoms with Crippen LogP contribution < -0.4 is 11.1 Å². The number of nitrogens with two attached hydrogens (primary N) is 1. The fraction of sp³-hybridized carbons (Fsp3) is 0.125. The average molecular weight is 184 g/mol. The van der Waals surface area contributed by atoms with Crippen molar-refractivity contribution in [1.29, 1.82) is 5.41 Å². The quantitative estimate of drug-likeness (QED) is 0.461. The Labute approximate surface area is 76.0 Å². The first-order valence-corrected chi connectivity index (χ1v) is 3.84. The van der Waals surface area contributed by atoms with Crippen LogP contribution in [-0.4, -0.2) is 5.96 Å². The maximum atomic E-state index is 6.99. The van der Waals surface area contributed by atoms with Gasteiger partial charge >= 0.3 is 0 Å². The summed E-state index contributed by atoms with van der Waals surface area (Å²) >= 11 is 5.86. The number of rotatable bonds is 1. The predicted octanol–water partition coefficient (Wildman–Crippen LogP) is 1.95. The van der Waals surface area contributed by atoms with Crippen LogP contribution in [0.5, 0.6) is 0 Å². The van der Waals surface area contributed by atoms with Crippen LogP contribution in [-0.2, 0) is 0 Å². The third-order valence-electron chi connectivity index (χ3n) is 1.39. The lowest BCUT2D eigenvalue weighted by Gasteiger charge is -2.05. The molecule has 4 heteroatoms. The molecule has 0 atom stereocenters. The lowest BCUT2D eigenvalue weighted by molar-refractivity contribution is 1.40. The van der Waals surface area contributed by atoms with Crippen LogP contribution in [0.25, 0.3) is 0 Å². The summed E-state index contributed by atoms with van der Waals surface area (Å²) in [5.41, 5.74) is 6.88. The van der Waals surface area contributed by atoms with Crippen molar-refractivity contribution in [2.45, 2.75) is 6.92 Å². The van der Waals surface area contributed by atoms with Gasteiger partial charge in [-0.2, -0.15) is 0 Å². The molecule has 0 saturated heterocycles. The van der Waals surface area contributed by atoms with E-state index in [1.807, 2.05) is 19.1 Å². The maximum absolute atomic E-state index is 6.99. The summed E-state index contributed by atoms with van der Waals surface area (Å²) in [6.07, 6.45) is 0. The topological polar surface area (TPSA) is 61.9 Å². The van der Waals surface area contributed by atoms with Crippen molar-refractivity contribution >= 4 is 23.2 Å². The van der Waals surface area contributed by atoms with Crippen LogP contribution in [0.4, 0.5) is 5.69 Å². The summed E-state index contributed by atoms with van der Waals surface area (Å²) < 4.78 is 0. The molecule has 0 radical (unpaired) electrons. The number of aryl methyl sites for hydroxylation is 1. The maximum Gasteiger partial charge on any atom is 0.190 e. The zero-order chi connectivity index (χ0) is 9.14. The Hall–Kier alpha value is -1.22. The highest BCUT2D eigenvalue weighted by molar-refractivity contribution is 6.33. The zero-order valence-electron chi connectivity index (χ0n) is 6.69. The van der Waals surface area contributed by atoms with Crippen molar-refractivity contribution in [3.05, 3.63) is 28.8 Å². The minimum atomic E-state index is -0.110. The van der Waals surface area contributed by atoms with Crippen LogP contribution in [0.15, 0.2) is 18.2 Å². The van der Waals surface area contributed by atoms with Gasteiger partial charge in [0, 0.05) is 0 Å². The lowest BCUT2D eigenvalue weighted by atomic mass is 10.2. The van der Waals surface area contributed by atoms with E-state index in [0.717, 1.165) is 5.56 Å². The average Bonchev–Trinajstić information content (AvgIpc) is 1.94. The highest BCUT2D eigenvalue weighted by atomic mass is 35.5. The second-order valence-corrected chi connectivity index (χ2v) is 2.93. The molecular formula is C8H10ClN3. The van der Waals surface area contributed by atoms with Gasteiger partial charge in [0.05, 0.1) is 10.7 Å². The normalized spacial score (nSPS) is 9.50. The van der Waals surface area contributed by atoms with E-state index in [0.29, 0.717) is 10.7 Å². The van der Waals surface area contributed by atoms with Crippen molar-refractivity contribution in [2.24, 2.45) is 5.73 Å². The van der Waals surface area contributed by atoms with E-state index >= 15 is 0 Å². The van der Waals surface area contributed by atoms with Crippen LogP contribution in [0.3, 0.4) is 0 Å². The highest BCUT2D eigenvalue weighted by Gasteiger charge is 1.99. The summed E-state index contributed by atoms with van der Waals surface area (Å²) in [6.45, 7) is 1.95. The zero-order valence-corrected chi connectivity index (χ0v) is 7.44. The minimum Gasteiger partial charge on any atom is -0.370 e. The third kappa shape index (κ3) is 2.13.